The largest absolute Gasteiger partial charge is 0.461 e. The first-order valence-electron chi connectivity index (χ1n) is 6.69. The van der Waals surface area contributed by atoms with E-state index in [9.17, 15) is 9.59 Å². The number of furan rings is 1. The third-order valence-corrected chi connectivity index (χ3v) is 4.01. The molecule has 2 aromatic heterocycles. The van der Waals surface area contributed by atoms with Crippen LogP contribution in [0.25, 0.3) is 12.2 Å². The number of thiazole rings is 1. The number of H-pyrrole nitrogens is 1. The molecule has 3 rings (SSSR count). The lowest BCUT2D eigenvalue weighted by Gasteiger charge is -1.93. The first-order valence-corrected chi connectivity index (χ1v) is 7.50. The van der Waals surface area contributed by atoms with E-state index in [0.717, 1.165) is 11.1 Å². The second-order valence-electron chi connectivity index (χ2n) is 4.83. The van der Waals surface area contributed by atoms with Crippen molar-refractivity contribution >= 4 is 29.3 Å². The zero-order valence-electron chi connectivity index (χ0n) is 11.8. The predicted molar refractivity (Wildman–Crippen MR) is 86.4 cm³/mol. The van der Waals surface area contributed by atoms with Crippen LogP contribution >= 0.6 is 11.3 Å². The molecule has 0 amide bonds. The summed E-state index contributed by atoms with van der Waals surface area (Å²) >= 11 is 1.24. The molecule has 0 atom stereocenters. The molecule has 0 bridgehead atoms. The van der Waals surface area contributed by atoms with E-state index >= 15 is 0 Å². The van der Waals surface area contributed by atoms with Gasteiger partial charge in [-0.05, 0) is 30.7 Å². The highest BCUT2D eigenvalue weighted by atomic mass is 32.1. The Balaban J connectivity index is 2.01. The van der Waals surface area contributed by atoms with Gasteiger partial charge in [-0.25, -0.2) is 0 Å². The lowest BCUT2D eigenvalue weighted by molar-refractivity contribution is 0.103. The molecule has 0 fully saturated rings. The summed E-state index contributed by atoms with van der Waals surface area (Å²) in [6.07, 6.45) is 4.62. The summed E-state index contributed by atoms with van der Waals surface area (Å²) in [5.41, 5.74) is 1.88. The first kappa shape index (κ1) is 14.3. The van der Waals surface area contributed by atoms with Gasteiger partial charge in [-0.1, -0.05) is 29.8 Å². The smallest absolute Gasteiger partial charge is 0.266 e. The van der Waals surface area contributed by atoms with E-state index in [-0.39, 0.29) is 17.1 Å². The van der Waals surface area contributed by atoms with Crippen LogP contribution in [0.5, 0.6) is 0 Å². The molecule has 110 valence electrons. The fraction of sp³-hybridized carbons (Fsp3) is 0.0588. The molecular formula is C17H13NO3S. The van der Waals surface area contributed by atoms with Crippen LogP contribution in [0.1, 0.15) is 21.7 Å². The maximum absolute atomic E-state index is 12.0. The summed E-state index contributed by atoms with van der Waals surface area (Å²) in [5, 5.41) is 0. The van der Waals surface area contributed by atoms with Crippen LogP contribution in [0.2, 0.25) is 0 Å². The Morgan fingerprint density at radius 3 is 2.86 bits per heavy atom. The minimum absolute atomic E-state index is 0.204. The maximum atomic E-state index is 12.0. The Morgan fingerprint density at radius 2 is 2.14 bits per heavy atom. The van der Waals surface area contributed by atoms with Gasteiger partial charge in [-0.2, -0.15) is 0 Å². The molecule has 3 aromatic rings. The summed E-state index contributed by atoms with van der Waals surface area (Å²) in [6.45, 7) is 2.00. The summed E-state index contributed by atoms with van der Waals surface area (Å²) in [7, 11) is 0. The molecule has 0 aliphatic heterocycles. The molecule has 0 aliphatic rings. The van der Waals surface area contributed by atoms with Crippen LogP contribution in [0, 0.1) is 6.92 Å². The van der Waals surface area contributed by atoms with E-state index in [1.807, 2.05) is 37.3 Å². The third-order valence-electron chi connectivity index (χ3n) is 3.05. The van der Waals surface area contributed by atoms with Crippen LogP contribution in [0.3, 0.4) is 0 Å². The fourth-order valence-corrected chi connectivity index (χ4v) is 2.93. The minimum atomic E-state index is -0.274. The van der Waals surface area contributed by atoms with Crippen LogP contribution in [-0.2, 0) is 0 Å². The number of nitrogens with one attached hydrogen (secondary N) is 1. The molecule has 5 heteroatoms. The van der Waals surface area contributed by atoms with Crippen molar-refractivity contribution in [3.05, 3.63) is 79.1 Å². The molecule has 4 nitrogen and oxygen atoms in total. The lowest BCUT2D eigenvalue weighted by Crippen LogP contribution is -2.20. The standard InChI is InChI=1S/C17H13NO3S/c1-11-4-2-5-12(8-11)9-15-17(20)18-16(22-15)10-13(19)14-6-3-7-21-14/h2-10H,1H3,(H,18,20). The van der Waals surface area contributed by atoms with Gasteiger partial charge in [-0.15, -0.1) is 11.3 Å². The quantitative estimate of drug-likeness (QED) is 0.751. The predicted octanol–water partition coefficient (Wildman–Crippen LogP) is 1.83. The number of aryl methyl sites for hydroxylation is 1. The van der Waals surface area contributed by atoms with Gasteiger partial charge in [0.25, 0.3) is 5.56 Å². The average Bonchev–Trinajstić information content (AvgIpc) is 3.10. The summed E-state index contributed by atoms with van der Waals surface area (Å²) in [6, 6.07) is 11.1. The van der Waals surface area contributed by atoms with Gasteiger partial charge in [0, 0.05) is 6.08 Å². The number of ketones is 1. The zero-order chi connectivity index (χ0) is 15.5. The Kier molecular flexibility index (Phi) is 3.89. The molecule has 22 heavy (non-hydrogen) atoms. The number of aromatic nitrogens is 1. The van der Waals surface area contributed by atoms with Crippen molar-refractivity contribution in [2.75, 3.05) is 0 Å². The topological polar surface area (TPSA) is 63.1 Å². The molecule has 0 unspecified atom stereocenters. The Labute approximate surface area is 130 Å². The monoisotopic (exact) mass is 311 g/mol. The summed E-state index contributed by atoms with van der Waals surface area (Å²) in [5.74, 6) is -0.0249. The van der Waals surface area contributed by atoms with Gasteiger partial charge in [-0.3, -0.25) is 9.59 Å². The number of aromatic amines is 1. The van der Waals surface area contributed by atoms with Crippen molar-refractivity contribution in [3.8, 4) is 0 Å². The molecular weight excluding hydrogens is 298 g/mol. The van der Waals surface area contributed by atoms with Gasteiger partial charge >= 0.3 is 0 Å². The summed E-state index contributed by atoms with van der Waals surface area (Å²) < 4.78 is 6.10. The maximum Gasteiger partial charge on any atom is 0.266 e. The van der Waals surface area contributed by atoms with E-state index in [1.165, 1.54) is 23.7 Å². The molecule has 0 saturated heterocycles. The molecule has 0 aliphatic carbocycles. The number of benzene rings is 1. The molecule has 0 saturated carbocycles. The average molecular weight is 311 g/mol. The number of Topliss-reactive ketones (excluding diaryl/α,β-unsaturated/α-hetero) is 1. The zero-order valence-corrected chi connectivity index (χ0v) is 12.6. The molecule has 0 spiro atoms. The number of hydrogen-bond donors (Lipinski definition) is 1. The van der Waals surface area contributed by atoms with E-state index in [4.69, 9.17) is 4.42 Å². The highest BCUT2D eigenvalue weighted by Crippen LogP contribution is 2.04. The van der Waals surface area contributed by atoms with E-state index in [2.05, 4.69) is 4.98 Å². The van der Waals surface area contributed by atoms with Gasteiger partial charge in [0.15, 0.2) is 5.76 Å². The van der Waals surface area contributed by atoms with Gasteiger partial charge in [0.1, 0.15) is 0 Å². The second kappa shape index (κ2) is 5.99. The van der Waals surface area contributed by atoms with Crippen LogP contribution in [-0.4, -0.2) is 10.8 Å². The number of hydrogen-bond acceptors (Lipinski definition) is 4. The highest BCUT2D eigenvalue weighted by molar-refractivity contribution is 7.07. The Hall–Kier alpha value is -2.66. The van der Waals surface area contributed by atoms with Crippen molar-refractivity contribution in [2.24, 2.45) is 0 Å². The van der Waals surface area contributed by atoms with Gasteiger partial charge in [0.05, 0.1) is 15.5 Å². The van der Waals surface area contributed by atoms with Gasteiger partial charge in [0.2, 0.25) is 5.78 Å². The van der Waals surface area contributed by atoms with Crippen molar-refractivity contribution in [1.29, 1.82) is 0 Å². The van der Waals surface area contributed by atoms with E-state index < -0.39 is 0 Å². The third kappa shape index (κ3) is 3.15. The molecule has 1 aromatic carbocycles. The SMILES string of the molecule is Cc1cccc(C=c2sc(=CC(=O)c3ccco3)[nH]c2=O)c1. The van der Waals surface area contributed by atoms with E-state index in [1.54, 1.807) is 12.1 Å². The van der Waals surface area contributed by atoms with Crippen molar-refractivity contribution in [3.63, 3.8) is 0 Å². The van der Waals surface area contributed by atoms with Crippen LogP contribution in [0.15, 0.2) is 51.9 Å². The molecule has 0 radical (unpaired) electrons. The Morgan fingerprint density at radius 1 is 1.27 bits per heavy atom. The Bertz CT molecular complexity index is 978. The lowest BCUT2D eigenvalue weighted by atomic mass is 10.1. The highest BCUT2D eigenvalue weighted by Gasteiger charge is 2.05. The van der Waals surface area contributed by atoms with Crippen molar-refractivity contribution in [1.82, 2.24) is 4.98 Å². The number of rotatable bonds is 3. The fourth-order valence-electron chi connectivity index (χ4n) is 2.04. The molecule has 2 heterocycles. The normalized spacial score (nSPS) is 12.8. The number of carbonyl (C=O) groups is 1. The first-order chi connectivity index (χ1) is 10.6. The van der Waals surface area contributed by atoms with Crippen LogP contribution < -0.4 is 14.8 Å². The van der Waals surface area contributed by atoms with Crippen molar-refractivity contribution < 1.29 is 9.21 Å². The number of carbonyl (C=O) groups excluding carboxylic acids is 1. The molecule has 1 N–H and O–H groups in total. The second-order valence-corrected chi connectivity index (χ2v) is 5.91. The minimum Gasteiger partial charge on any atom is -0.461 e. The van der Waals surface area contributed by atoms with Crippen molar-refractivity contribution in [2.45, 2.75) is 6.92 Å². The van der Waals surface area contributed by atoms with Crippen LogP contribution in [0.4, 0.5) is 0 Å². The summed E-state index contributed by atoms with van der Waals surface area (Å²) in [4.78, 5) is 26.6. The van der Waals surface area contributed by atoms with Gasteiger partial charge < -0.3 is 9.40 Å². The van der Waals surface area contributed by atoms with E-state index in [0.29, 0.717) is 9.20 Å².